The number of nitrogens with one attached hydrogen (secondary N) is 1. The standard InChI is InChI=1S/C20H19NO2/c1-22-19-8-7-15(12-20(19)23-2)17-11-16-9-13-5-3-4-6-14(13)10-18(16)21-17/h3-10,12,17,21H,11H2,1-2H3. The van der Waals surface area contributed by atoms with E-state index in [1.54, 1.807) is 14.2 Å². The highest BCUT2D eigenvalue weighted by Crippen LogP contribution is 2.39. The molecule has 3 heteroatoms. The van der Waals surface area contributed by atoms with Crippen molar-refractivity contribution in [2.24, 2.45) is 0 Å². The van der Waals surface area contributed by atoms with E-state index in [9.17, 15) is 0 Å². The van der Waals surface area contributed by atoms with Gasteiger partial charge >= 0.3 is 0 Å². The minimum Gasteiger partial charge on any atom is -0.493 e. The number of rotatable bonds is 3. The molecule has 1 aliphatic rings. The molecule has 116 valence electrons. The van der Waals surface area contributed by atoms with Crippen LogP contribution in [0.25, 0.3) is 10.8 Å². The monoisotopic (exact) mass is 305 g/mol. The van der Waals surface area contributed by atoms with Gasteiger partial charge in [0.25, 0.3) is 0 Å². The smallest absolute Gasteiger partial charge is 0.161 e. The molecule has 1 aliphatic heterocycles. The minimum atomic E-state index is 0.265. The van der Waals surface area contributed by atoms with Crippen molar-refractivity contribution in [1.29, 1.82) is 0 Å². The van der Waals surface area contributed by atoms with Crippen LogP contribution in [0.5, 0.6) is 11.5 Å². The number of anilines is 1. The lowest BCUT2D eigenvalue weighted by molar-refractivity contribution is 0.354. The van der Waals surface area contributed by atoms with Gasteiger partial charge in [0.15, 0.2) is 11.5 Å². The van der Waals surface area contributed by atoms with Crippen LogP contribution in [0.1, 0.15) is 17.2 Å². The molecular formula is C20H19NO2. The summed E-state index contributed by atoms with van der Waals surface area (Å²) >= 11 is 0. The Morgan fingerprint density at radius 1 is 0.870 bits per heavy atom. The molecule has 0 radical (unpaired) electrons. The first-order chi connectivity index (χ1) is 11.3. The number of fused-ring (bicyclic) bond motifs is 2. The topological polar surface area (TPSA) is 30.5 Å². The summed E-state index contributed by atoms with van der Waals surface area (Å²) in [6, 6.07) is 19.4. The third-order valence-electron chi connectivity index (χ3n) is 4.54. The van der Waals surface area contributed by atoms with Crippen LogP contribution < -0.4 is 14.8 Å². The Bertz CT molecular complexity index is 828. The summed E-state index contributed by atoms with van der Waals surface area (Å²) in [5.41, 5.74) is 3.80. The molecule has 0 fully saturated rings. The zero-order valence-electron chi connectivity index (χ0n) is 13.3. The zero-order valence-corrected chi connectivity index (χ0v) is 13.3. The number of benzene rings is 3. The highest BCUT2D eigenvalue weighted by atomic mass is 16.5. The van der Waals surface area contributed by atoms with Crippen LogP contribution in [-0.4, -0.2) is 14.2 Å². The average molecular weight is 305 g/mol. The molecule has 0 aromatic heterocycles. The van der Waals surface area contributed by atoms with Crippen LogP contribution >= 0.6 is 0 Å². The summed E-state index contributed by atoms with van der Waals surface area (Å²) in [5, 5.41) is 6.20. The van der Waals surface area contributed by atoms with Crippen LogP contribution in [0, 0.1) is 0 Å². The molecule has 0 aliphatic carbocycles. The molecule has 3 nitrogen and oxygen atoms in total. The second kappa shape index (κ2) is 5.51. The third-order valence-corrected chi connectivity index (χ3v) is 4.54. The minimum absolute atomic E-state index is 0.265. The van der Waals surface area contributed by atoms with E-state index in [-0.39, 0.29) is 6.04 Å². The Balaban J connectivity index is 1.68. The van der Waals surface area contributed by atoms with Gasteiger partial charge in [-0.3, -0.25) is 0 Å². The summed E-state index contributed by atoms with van der Waals surface area (Å²) in [6.45, 7) is 0. The Morgan fingerprint density at radius 3 is 2.35 bits per heavy atom. The van der Waals surface area contributed by atoms with E-state index in [1.807, 2.05) is 6.07 Å². The van der Waals surface area contributed by atoms with Crippen molar-refractivity contribution >= 4 is 16.5 Å². The van der Waals surface area contributed by atoms with Crippen molar-refractivity contribution < 1.29 is 9.47 Å². The molecule has 0 spiro atoms. The van der Waals surface area contributed by atoms with E-state index >= 15 is 0 Å². The lowest BCUT2D eigenvalue weighted by atomic mass is 10.0. The van der Waals surface area contributed by atoms with Crippen molar-refractivity contribution in [2.45, 2.75) is 12.5 Å². The van der Waals surface area contributed by atoms with Crippen molar-refractivity contribution in [3.8, 4) is 11.5 Å². The van der Waals surface area contributed by atoms with Crippen LogP contribution in [0.15, 0.2) is 54.6 Å². The number of hydrogen-bond donors (Lipinski definition) is 1. The third kappa shape index (κ3) is 2.38. The van der Waals surface area contributed by atoms with Gasteiger partial charge in [0.2, 0.25) is 0 Å². The average Bonchev–Trinajstić information content (AvgIpc) is 3.01. The van der Waals surface area contributed by atoms with E-state index in [0.29, 0.717) is 0 Å². The second-order valence-corrected chi connectivity index (χ2v) is 5.87. The van der Waals surface area contributed by atoms with Gasteiger partial charge in [0, 0.05) is 5.69 Å². The van der Waals surface area contributed by atoms with Gasteiger partial charge < -0.3 is 14.8 Å². The van der Waals surface area contributed by atoms with Crippen LogP contribution in [0.4, 0.5) is 5.69 Å². The summed E-state index contributed by atoms with van der Waals surface area (Å²) in [5.74, 6) is 1.53. The van der Waals surface area contributed by atoms with Gasteiger partial charge in [-0.2, -0.15) is 0 Å². The predicted octanol–water partition coefficient (Wildman–Crippen LogP) is 4.57. The molecule has 4 rings (SSSR count). The van der Waals surface area contributed by atoms with Gasteiger partial charge in [-0.25, -0.2) is 0 Å². The van der Waals surface area contributed by atoms with E-state index in [4.69, 9.17) is 9.47 Å². The number of ether oxygens (including phenoxy) is 2. The largest absolute Gasteiger partial charge is 0.493 e. The van der Waals surface area contributed by atoms with Crippen molar-refractivity contribution in [2.75, 3.05) is 19.5 Å². The number of hydrogen-bond acceptors (Lipinski definition) is 3. The fraction of sp³-hybridized carbons (Fsp3) is 0.200. The first kappa shape index (κ1) is 13.9. The lowest BCUT2D eigenvalue weighted by Gasteiger charge is -2.15. The molecule has 1 unspecified atom stereocenters. The quantitative estimate of drug-likeness (QED) is 0.769. The maximum Gasteiger partial charge on any atom is 0.161 e. The summed E-state index contributed by atoms with van der Waals surface area (Å²) < 4.78 is 10.7. The van der Waals surface area contributed by atoms with E-state index in [1.165, 1.54) is 27.6 Å². The molecule has 0 saturated carbocycles. The normalized spacial score (nSPS) is 16.0. The van der Waals surface area contributed by atoms with Crippen molar-refractivity contribution in [3.05, 3.63) is 65.7 Å². The Hall–Kier alpha value is -2.68. The van der Waals surface area contributed by atoms with Gasteiger partial charge in [-0.15, -0.1) is 0 Å². The Morgan fingerprint density at radius 2 is 1.61 bits per heavy atom. The van der Waals surface area contributed by atoms with Crippen molar-refractivity contribution in [1.82, 2.24) is 0 Å². The van der Waals surface area contributed by atoms with Crippen LogP contribution in [0.2, 0.25) is 0 Å². The van der Waals surface area contributed by atoms with Gasteiger partial charge in [-0.1, -0.05) is 30.3 Å². The zero-order chi connectivity index (χ0) is 15.8. The molecule has 0 amide bonds. The van der Waals surface area contributed by atoms with Crippen LogP contribution in [-0.2, 0) is 6.42 Å². The SMILES string of the molecule is COc1ccc(C2Cc3cc4ccccc4cc3N2)cc1OC. The second-order valence-electron chi connectivity index (χ2n) is 5.87. The first-order valence-corrected chi connectivity index (χ1v) is 7.78. The van der Waals surface area contributed by atoms with Gasteiger partial charge in [0.1, 0.15) is 0 Å². The first-order valence-electron chi connectivity index (χ1n) is 7.78. The van der Waals surface area contributed by atoms with E-state index in [0.717, 1.165) is 17.9 Å². The molecule has 23 heavy (non-hydrogen) atoms. The maximum atomic E-state index is 5.42. The fourth-order valence-corrected chi connectivity index (χ4v) is 3.32. The summed E-state index contributed by atoms with van der Waals surface area (Å²) in [7, 11) is 3.33. The molecule has 0 bridgehead atoms. The fourth-order valence-electron chi connectivity index (χ4n) is 3.32. The summed E-state index contributed by atoms with van der Waals surface area (Å²) in [4.78, 5) is 0. The molecule has 3 aromatic rings. The lowest BCUT2D eigenvalue weighted by Crippen LogP contribution is -2.06. The number of methoxy groups -OCH3 is 2. The maximum absolute atomic E-state index is 5.42. The highest BCUT2D eigenvalue weighted by Gasteiger charge is 2.23. The molecule has 3 aromatic carbocycles. The Labute approximate surface area is 135 Å². The Kier molecular flexibility index (Phi) is 3.34. The highest BCUT2D eigenvalue weighted by molar-refractivity contribution is 5.88. The molecule has 1 heterocycles. The predicted molar refractivity (Wildman–Crippen MR) is 93.6 cm³/mol. The van der Waals surface area contributed by atoms with Crippen LogP contribution in [0.3, 0.4) is 0 Å². The van der Waals surface area contributed by atoms with Gasteiger partial charge in [0.05, 0.1) is 20.3 Å². The molecule has 1 atom stereocenters. The van der Waals surface area contributed by atoms with Crippen molar-refractivity contribution in [3.63, 3.8) is 0 Å². The van der Waals surface area contributed by atoms with E-state index < -0.39 is 0 Å². The molecular weight excluding hydrogens is 286 g/mol. The molecule has 0 saturated heterocycles. The van der Waals surface area contributed by atoms with E-state index in [2.05, 4.69) is 53.8 Å². The summed E-state index contributed by atoms with van der Waals surface area (Å²) in [6.07, 6.45) is 0.982. The van der Waals surface area contributed by atoms with Gasteiger partial charge in [-0.05, 0) is 52.6 Å². The molecule has 1 N–H and O–H groups in total.